The Kier molecular flexibility index (Phi) is 4.90. The molecule has 0 fully saturated rings. The van der Waals surface area contributed by atoms with E-state index in [-0.39, 0.29) is 11.8 Å². The Hall–Kier alpha value is -2.67. The van der Waals surface area contributed by atoms with Gasteiger partial charge in [-0.1, -0.05) is 19.0 Å². The van der Waals surface area contributed by atoms with Crippen LogP contribution >= 0.6 is 0 Å². The van der Waals surface area contributed by atoms with E-state index in [1.165, 1.54) is 0 Å². The smallest absolute Gasteiger partial charge is 0.316 e. The summed E-state index contributed by atoms with van der Waals surface area (Å²) in [5, 5.41) is 7.77. The number of rotatable bonds is 7. The van der Waals surface area contributed by atoms with Gasteiger partial charge >= 0.3 is 11.8 Å². The lowest BCUT2D eigenvalue weighted by molar-refractivity contribution is 0.0905. The first-order chi connectivity index (χ1) is 11.7. The topological polar surface area (TPSA) is 87.0 Å². The van der Waals surface area contributed by atoms with E-state index in [1.54, 1.807) is 0 Å². The van der Waals surface area contributed by atoms with E-state index in [1.807, 2.05) is 30.5 Å². The Morgan fingerprint density at radius 1 is 1.29 bits per heavy atom. The van der Waals surface area contributed by atoms with Crippen molar-refractivity contribution in [3.63, 3.8) is 0 Å². The molecule has 126 valence electrons. The quantitative estimate of drug-likeness (QED) is 0.695. The van der Waals surface area contributed by atoms with E-state index in [0.717, 1.165) is 36.1 Å². The van der Waals surface area contributed by atoms with Crippen LogP contribution in [0.3, 0.4) is 0 Å². The summed E-state index contributed by atoms with van der Waals surface area (Å²) >= 11 is 0. The number of hydrogen-bond donors (Lipinski definition) is 2. The molecular formula is C17H21N5O2. The van der Waals surface area contributed by atoms with Gasteiger partial charge < -0.3 is 19.7 Å². The number of carbonyl (C=O) groups is 1. The van der Waals surface area contributed by atoms with Crippen molar-refractivity contribution >= 4 is 16.8 Å². The Labute approximate surface area is 140 Å². The molecule has 0 spiro atoms. The maximum Gasteiger partial charge on any atom is 0.316 e. The predicted octanol–water partition coefficient (Wildman–Crippen LogP) is 2.29. The number of likely N-dealkylation sites (N-methyl/N-ethyl adjacent to an activating group) is 1. The fraction of sp³-hybridized carbons (Fsp3) is 0.353. The molecule has 2 aromatic heterocycles. The summed E-state index contributed by atoms with van der Waals surface area (Å²) in [6.07, 6.45) is 1.87. The first kappa shape index (κ1) is 16.2. The summed E-state index contributed by atoms with van der Waals surface area (Å²) < 4.78 is 5.09. The summed E-state index contributed by atoms with van der Waals surface area (Å²) in [6.45, 7) is 7.45. The zero-order chi connectivity index (χ0) is 16.9. The Bertz CT molecular complexity index is 819. The molecule has 0 radical (unpaired) electrons. The maximum absolute atomic E-state index is 12.1. The average Bonchev–Trinajstić information content (AvgIpc) is 3.26. The van der Waals surface area contributed by atoms with Crippen molar-refractivity contribution in [3.8, 4) is 11.4 Å². The first-order valence-corrected chi connectivity index (χ1v) is 8.13. The highest BCUT2D eigenvalue weighted by Crippen LogP contribution is 2.21. The molecule has 0 unspecified atom stereocenters. The van der Waals surface area contributed by atoms with Gasteiger partial charge in [0.05, 0.1) is 0 Å². The summed E-state index contributed by atoms with van der Waals surface area (Å²) in [5.74, 6) is 0.0503. The lowest BCUT2D eigenvalue weighted by Gasteiger charge is -2.17. The molecule has 1 amide bonds. The minimum atomic E-state index is -0.344. The third-order valence-corrected chi connectivity index (χ3v) is 4.04. The second-order valence-corrected chi connectivity index (χ2v) is 5.49. The average molecular weight is 327 g/mol. The molecule has 24 heavy (non-hydrogen) atoms. The van der Waals surface area contributed by atoms with Crippen molar-refractivity contribution in [3.05, 3.63) is 36.4 Å². The van der Waals surface area contributed by atoms with Gasteiger partial charge in [-0.15, -0.1) is 0 Å². The summed E-state index contributed by atoms with van der Waals surface area (Å²) in [5.41, 5.74) is 1.85. The van der Waals surface area contributed by atoms with Crippen molar-refractivity contribution in [1.29, 1.82) is 0 Å². The molecular weight excluding hydrogens is 306 g/mol. The van der Waals surface area contributed by atoms with Crippen LogP contribution < -0.4 is 5.32 Å². The number of nitrogens with one attached hydrogen (secondary N) is 2. The highest BCUT2D eigenvalue weighted by Gasteiger charge is 2.16. The summed E-state index contributed by atoms with van der Waals surface area (Å²) in [4.78, 5) is 21.6. The van der Waals surface area contributed by atoms with Crippen molar-refractivity contribution in [2.75, 3.05) is 26.2 Å². The predicted molar refractivity (Wildman–Crippen MR) is 91.7 cm³/mol. The molecule has 0 aliphatic carbocycles. The van der Waals surface area contributed by atoms with E-state index in [4.69, 9.17) is 4.52 Å². The molecule has 1 aromatic carbocycles. The van der Waals surface area contributed by atoms with Crippen LogP contribution in [0.1, 0.15) is 24.5 Å². The van der Waals surface area contributed by atoms with Gasteiger partial charge in [-0.2, -0.15) is 4.98 Å². The number of H-pyrrole nitrogens is 1. The molecule has 2 heterocycles. The second kappa shape index (κ2) is 7.27. The molecule has 7 heteroatoms. The fourth-order valence-corrected chi connectivity index (χ4v) is 2.57. The van der Waals surface area contributed by atoms with Crippen molar-refractivity contribution in [1.82, 2.24) is 25.3 Å². The molecule has 0 atom stereocenters. The molecule has 3 rings (SSSR count). The van der Waals surface area contributed by atoms with Crippen LogP contribution in [-0.2, 0) is 0 Å². The van der Waals surface area contributed by atoms with Crippen molar-refractivity contribution < 1.29 is 9.32 Å². The van der Waals surface area contributed by atoms with E-state index in [0.29, 0.717) is 12.4 Å². The van der Waals surface area contributed by atoms with Crippen molar-refractivity contribution in [2.45, 2.75) is 13.8 Å². The number of nitrogens with zero attached hydrogens (tertiary/aromatic N) is 3. The standard InChI is InChI=1S/C17H21N5O2/c1-3-22(4-2)10-9-19-16(23)17-20-15(21-24-17)13-5-6-14-12(11-13)7-8-18-14/h5-8,11,18H,3-4,9-10H2,1-2H3,(H,19,23). The van der Waals surface area contributed by atoms with E-state index in [2.05, 4.69) is 39.2 Å². The van der Waals surface area contributed by atoms with Crippen LogP contribution in [0.2, 0.25) is 0 Å². The minimum Gasteiger partial charge on any atom is -0.361 e. The maximum atomic E-state index is 12.1. The minimum absolute atomic E-state index is 0.0151. The Morgan fingerprint density at radius 3 is 2.92 bits per heavy atom. The lowest BCUT2D eigenvalue weighted by atomic mass is 10.1. The number of amides is 1. The van der Waals surface area contributed by atoms with Gasteiger partial charge in [-0.25, -0.2) is 0 Å². The number of aromatic amines is 1. The zero-order valence-corrected chi connectivity index (χ0v) is 13.9. The molecule has 0 aliphatic heterocycles. The van der Waals surface area contributed by atoms with Crippen LogP contribution in [0.25, 0.3) is 22.3 Å². The Balaban J connectivity index is 1.65. The number of fused-ring (bicyclic) bond motifs is 1. The van der Waals surface area contributed by atoms with Gasteiger partial charge in [0.2, 0.25) is 5.82 Å². The summed E-state index contributed by atoms with van der Waals surface area (Å²) in [7, 11) is 0. The molecule has 0 saturated carbocycles. The molecule has 0 saturated heterocycles. The lowest BCUT2D eigenvalue weighted by Crippen LogP contribution is -2.34. The summed E-state index contributed by atoms with van der Waals surface area (Å²) in [6, 6.07) is 7.77. The fourth-order valence-electron chi connectivity index (χ4n) is 2.57. The first-order valence-electron chi connectivity index (χ1n) is 8.13. The van der Waals surface area contributed by atoms with Gasteiger partial charge in [0.15, 0.2) is 0 Å². The molecule has 7 nitrogen and oxygen atoms in total. The van der Waals surface area contributed by atoms with Gasteiger partial charge in [0.25, 0.3) is 0 Å². The zero-order valence-electron chi connectivity index (χ0n) is 13.9. The molecule has 0 aliphatic rings. The van der Waals surface area contributed by atoms with Crippen LogP contribution in [-0.4, -0.2) is 52.1 Å². The number of hydrogen-bond acceptors (Lipinski definition) is 5. The van der Waals surface area contributed by atoms with Gasteiger partial charge in [-0.3, -0.25) is 4.79 Å². The van der Waals surface area contributed by atoms with E-state index >= 15 is 0 Å². The van der Waals surface area contributed by atoms with Crippen LogP contribution in [0, 0.1) is 0 Å². The van der Waals surface area contributed by atoms with E-state index < -0.39 is 0 Å². The SMILES string of the molecule is CCN(CC)CCNC(=O)c1nc(-c2ccc3[nH]ccc3c2)no1. The van der Waals surface area contributed by atoms with Crippen LogP contribution in [0.15, 0.2) is 35.0 Å². The van der Waals surface area contributed by atoms with Gasteiger partial charge in [0.1, 0.15) is 0 Å². The highest BCUT2D eigenvalue weighted by atomic mass is 16.5. The molecule has 3 aromatic rings. The van der Waals surface area contributed by atoms with E-state index in [9.17, 15) is 4.79 Å². The number of carbonyl (C=O) groups excluding carboxylic acids is 1. The van der Waals surface area contributed by atoms with Gasteiger partial charge in [-0.05, 0) is 37.4 Å². The third-order valence-electron chi connectivity index (χ3n) is 4.04. The monoisotopic (exact) mass is 327 g/mol. The Morgan fingerprint density at radius 2 is 2.12 bits per heavy atom. The highest BCUT2D eigenvalue weighted by molar-refractivity contribution is 5.90. The number of benzene rings is 1. The van der Waals surface area contributed by atoms with Crippen molar-refractivity contribution in [2.24, 2.45) is 0 Å². The van der Waals surface area contributed by atoms with Crippen LogP contribution in [0.5, 0.6) is 0 Å². The van der Waals surface area contributed by atoms with Gasteiger partial charge in [0, 0.05) is 35.8 Å². The van der Waals surface area contributed by atoms with Crippen LogP contribution in [0.4, 0.5) is 0 Å². The second-order valence-electron chi connectivity index (χ2n) is 5.49. The molecule has 2 N–H and O–H groups in total. The third kappa shape index (κ3) is 3.46. The largest absolute Gasteiger partial charge is 0.361 e. The molecule has 0 bridgehead atoms. The number of aromatic nitrogens is 3. The normalized spacial score (nSPS) is 11.3.